The van der Waals surface area contributed by atoms with Crippen LogP contribution in [-0.4, -0.2) is 4.98 Å². The molecular formula is C14H9ClF2N2S. The van der Waals surface area contributed by atoms with Crippen LogP contribution in [0.4, 0.5) is 14.5 Å². The van der Waals surface area contributed by atoms with Gasteiger partial charge in [-0.1, -0.05) is 11.6 Å². The van der Waals surface area contributed by atoms with Gasteiger partial charge in [-0.2, -0.15) is 0 Å². The van der Waals surface area contributed by atoms with E-state index in [9.17, 15) is 8.78 Å². The summed E-state index contributed by atoms with van der Waals surface area (Å²) in [5.74, 6) is -1.19. The Kier molecular flexibility index (Phi) is 3.54. The van der Waals surface area contributed by atoms with Crippen molar-refractivity contribution in [2.45, 2.75) is 6.54 Å². The fourth-order valence-electron chi connectivity index (χ4n) is 1.98. The van der Waals surface area contributed by atoms with Crippen LogP contribution in [0.3, 0.4) is 0 Å². The first-order valence-corrected chi connectivity index (χ1v) is 7.10. The summed E-state index contributed by atoms with van der Waals surface area (Å²) >= 11 is 7.65. The standard InChI is InChI=1S/C14H9ClF2N2S/c15-11-1-2-12-14(19-7-20-12)13(11)18-6-8-3-9(16)5-10(17)4-8/h1-5,7,18H,6H2. The topological polar surface area (TPSA) is 24.9 Å². The van der Waals surface area contributed by atoms with Crippen LogP contribution in [0.2, 0.25) is 5.02 Å². The summed E-state index contributed by atoms with van der Waals surface area (Å²) in [4.78, 5) is 4.25. The van der Waals surface area contributed by atoms with E-state index in [0.717, 1.165) is 16.3 Å². The normalized spacial score (nSPS) is 10.9. The predicted octanol–water partition coefficient (Wildman–Crippen LogP) is 4.84. The molecule has 1 N–H and O–H groups in total. The Morgan fingerprint density at radius 1 is 1.15 bits per heavy atom. The number of fused-ring (bicyclic) bond motifs is 1. The molecule has 0 unspecified atom stereocenters. The molecule has 0 bridgehead atoms. The zero-order valence-electron chi connectivity index (χ0n) is 10.2. The molecule has 1 aromatic heterocycles. The van der Waals surface area contributed by atoms with Gasteiger partial charge in [0.05, 0.1) is 20.9 Å². The van der Waals surface area contributed by atoms with Crippen LogP contribution < -0.4 is 5.32 Å². The van der Waals surface area contributed by atoms with Gasteiger partial charge in [-0.05, 0) is 29.8 Å². The molecule has 0 amide bonds. The number of nitrogens with zero attached hydrogens (tertiary/aromatic N) is 1. The number of hydrogen-bond donors (Lipinski definition) is 1. The molecule has 0 aliphatic carbocycles. The van der Waals surface area contributed by atoms with Gasteiger partial charge in [-0.25, -0.2) is 13.8 Å². The third-order valence-corrected chi connectivity index (χ3v) is 3.95. The average Bonchev–Trinajstić information content (AvgIpc) is 2.85. The highest BCUT2D eigenvalue weighted by atomic mass is 35.5. The number of thiazole rings is 1. The van der Waals surface area contributed by atoms with Crippen molar-refractivity contribution in [3.63, 3.8) is 0 Å². The van der Waals surface area contributed by atoms with Crippen molar-refractivity contribution in [1.29, 1.82) is 0 Å². The molecule has 0 aliphatic rings. The second-order valence-corrected chi connectivity index (χ2v) is 5.55. The molecule has 6 heteroatoms. The van der Waals surface area contributed by atoms with Crippen molar-refractivity contribution < 1.29 is 8.78 Å². The molecule has 102 valence electrons. The first-order valence-electron chi connectivity index (χ1n) is 5.84. The molecule has 0 saturated carbocycles. The second kappa shape index (κ2) is 5.34. The van der Waals surface area contributed by atoms with Crippen LogP contribution in [0.5, 0.6) is 0 Å². The fraction of sp³-hybridized carbons (Fsp3) is 0.0714. The van der Waals surface area contributed by atoms with Gasteiger partial charge in [0.15, 0.2) is 0 Å². The number of rotatable bonds is 3. The van der Waals surface area contributed by atoms with Crippen molar-refractivity contribution >= 4 is 38.8 Å². The predicted molar refractivity (Wildman–Crippen MR) is 78.3 cm³/mol. The van der Waals surface area contributed by atoms with Crippen molar-refractivity contribution in [3.8, 4) is 0 Å². The number of halogens is 3. The first kappa shape index (κ1) is 13.3. The smallest absolute Gasteiger partial charge is 0.126 e. The number of nitrogens with one attached hydrogen (secondary N) is 1. The van der Waals surface area contributed by atoms with Crippen molar-refractivity contribution in [2.24, 2.45) is 0 Å². The Labute approximate surface area is 123 Å². The van der Waals surface area contributed by atoms with Crippen LogP contribution in [0.1, 0.15) is 5.56 Å². The Morgan fingerprint density at radius 3 is 2.65 bits per heavy atom. The van der Waals surface area contributed by atoms with Gasteiger partial charge in [0.2, 0.25) is 0 Å². The molecule has 0 radical (unpaired) electrons. The summed E-state index contributed by atoms with van der Waals surface area (Å²) in [5.41, 5.74) is 3.67. The van der Waals surface area contributed by atoms with Crippen LogP contribution in [0.25, 0.3) is 10.2 Å². The maximum absolute atomic E-state index is 13.1. The van der Waals surface area contributed by atoms with Gasteiger partial charge in [0, 0.05) is 12.6 Å². The number of hydrogen-bond acceptors (Lipinski definition) is 3. The Bertz CT molecular complexity index is 753. The molecule has 2 nitrogen and oxygen atoms in total. The van der Waals surface area contributed by atoms with Gasteiger partial charge in [-0.3, -0.25) is 0 Å². The third-order valence-electron chi connectivity index (χ3n) is 2.84. The van der Waals surface area contributed by atoms with E-state index in [1.807, 2.05) is 6.07 Å². The summed E-state index contributed by atoms with van der Waals surface area (Å²) in [6, 6.07) is 7.08. The minimum Gasteiger partial charge on any atom is -0.378 e. The van der Waals surface area contributed by atoms with Gasteiger partial charge in [-0.15, -0.1) is 11.3 Å². The van der Waals surface area contributed by atoms with E-state index in [-0.39, 0.29) is 6.54 Å². The summed E-state index contributed by atoms with van der Waals surface area (Å²) < 4.78 is 27.3. The molecule has 3 rings (SSSR count). The summed E-state index contributed by atoms with van der Waals surface area (Å²) in [5, 5.41) is 3.62. The molecule has 3 aromatic rings. The molecule has 0 saturated heterocycles. The van der Waals surface area contributed by atoms with E-state index in [1.165, 1.54) is 23.5 Å². The van der Waals surface area contributed by atoms with E-state index >= 15 is 0 Å². The van der Waals surface area contributed by atoms with E-state index in [1.54, 1.807) is 11.6 Å². The second-order valence-electron chi connectivity index (χ2n) is 4.25. The molecule has 0 fully saturated rings. The molecule has 0 aliphatic heterocycles. The Morgan fingerprint density at radius 2 is 1.90 bits per heavy atom. The van der Waals surface area contributed by atoms with E-state index < -0.39 is 11.6 Å². The van der Waals surface area contributed by atoms with Crippen LogP contribution in [0, 0.1) is 11.6 Å². The average molecular weight is 311 g/mol. The summed E-state index contributed by atoms with van der Waals surface area (Å²) in [6.45, 7) is 0.269. The zero-order valence-corrected chi connectivity index (χ0v) is 11.7. The summed E-state index contributed by atoms with van der Waals surface area (Å²) in [6.07, 6.45) is 0. The Balaban J connectivity index is 1.90. The molecule has 0 spiro atoms. The maximum atomic E-state index is 13.1. The largest absolute Gasteiger partial charge is 0.378 e. The van der Waals surface area contributed by atoms with E-state index in [4.69, 9.17) is 11.6 Å². The van der Waals surface area contributed by atoms with Crippen molar-refractivity contribution in [1.82, 2.24) is 4.98 Å². The van der Waals surface area contributed by atoms with Gasteiger partial charge < -0.3 is 5.32 Å². The van der Waals surface area contributed by atoms with E-state index in [0.29, 0.717) is 16.3 Å². The van der Waals surface area contributed by atoms with Crippen molar-refractivity contribution in [3.05, 3.63) is 58.1 Å². The van der Waals surface area contributed by atoms with Crippen molar-refractivity contribution in [2.75, 3.05) is 5.32 Å². The first-order chi connectivity index (χ1) is 9.63. The number of benzene rings is 2. The lowest BCUT2D eigenvalue weighted by atomic mass is 10.2. The van der Waals surface area contributed by atoms with Crippen LogP contribution in [0.15, 0.2) is 35.8 Å². The lowest BCUT2D eigenvalue weighted by Gasteiger charge is -2.09. The van der Waals surface area contributed by atoms with Gasteiger partial charge in [0.1, 0.15) is 17.2 Å². The highest BCUT2D eigenvalue weighted by Crippen LogP contribution is 2.32. The highest BCUT2D eigenvalue weighted by Gasteiger charge is 2.09. The van der Waals surface area contributed by atoms with Crippen LogP contribution in [-0.2, 0) is 6.54 Å². The Hall–Kier alpha value is -1.72. The molecule has 0 atom stereocenters. The molecule has 20 heavy (non-hydrogen) atoms. The SMILES string of the molecule is Fc1cc(F)cc(CNc2c(Cl)ccc3scnc23)c1. The zero-order chi connectivity index (χ0) is 14.1. The van der Waals surface area contributed by atoms with E-state index in [2.05, 4.69) is 10.3 Å². The minimum atomic E-state index is -0.597. The summed E-state index contributed by atoms with van der Waals surface area (Å²) in [7, 11) is 0. The highest BCUT2D eigenvalue weighted by molar-refractivity contribution is 7.16. The van der Waals surface area contributed by atoms with Gasteiger partial charge >= 0.3 is 0 Å². The van der Waals surface area contributed by atoms with Crippen LogP contribution >= 0.6 is 22.9 Å². The quantitative estimate of drug-likeness (QED) is 0.748. The van der Waals surface area contributed by atoms with Gasteiger partial charge in [0.25, 0.3) is 0 Å². The number of aromatic nitrogens is 1. The molecular weight excluding hydrogens is 302 g/mol. The number of anilines is 1. The lowest BCUT2D eigenvalue weighted by Crippen LogP contribution is -2.01. The molecule has 2 aromatic carbocycles. The maximum Gasteiger partial charge on any atom is 0.126 e. The minimum absolute atomic E-state index is 0.269. The fourth-order valence-corrected chi connectivity index (χ4v) is 2.88. The third kappa shape index (κ3) is 2.59. The monoisotopic (exact) mass is 310 g/mol. The lowest BCUT2D eigenvalue weighted by molar-refractivity contribution is 0.580. The molecule has 1 heterocycles.